The van der Waals surface area contributed by atoms with Gasteiger partial charge in [0.25, 0.3) is 5.91 Å². The number of carbonyl (C=O) groups is 1. The van der Waals surface area contributed by atoms with E-state index in [9.17, 15) is 4.79 Å². The molecule has 1 aliphatic heterocycles. The van der Waals surface area contributed by atoms with Crippen LogP contribution < -0.4 is 19.7 Å². The third-order valence-corrected chi connectivity index (χ3v) is 6.13. The highest BCUT2D eigenvalue weighted by molar-refractivity contribution is 5.95. The molecule has 0 saturated carbocycles. The number of amides is 1. The summed E-state index contributed by atoms with van der Waals surface area (Å²) in [6, 6.07) is 19.8. The molecule has 7 nitrogen and oxygen atoms in total. The minimum atomic E-state index is -0.0683. The molecule has 1 amide bonds. The zero-order chi connectivity index (χ0) is 24.4. The van der Waals surface area contributed by atoms with Gasteiger partial charge in [0.1, 0.15) is 29.7 Å². The number of hydrogen-bond donors (Lipinski definition) is 1. The Hall–Kier alpha value is -4.13. The average molecular weight is 469 g/mol. The summed E-state index contributed by atoms with van der Waals surface area (Å²) < 4.78 is 11.5. The van der Waals surface area contributed by atoms with Crippen molar-refractivity contribution in [3.8, 4) is 22.6 Å². The molecule has 0 unspecified atom stereocenters. The fourth-order valence-corrected chi connectivity index (χ4v) is 4.43. The molecule has 1 aromatic heterocycles. The predicted molar refractivity (Wildman–Crippen MR) is 137 cm³/mol. The van der Waals surface area contributed by atoms with E-state index in [1.54, 1.807) is 7.11 Å². The molecule has 178 valence electrons. The van der Waals surface area contributed by atoms with Crippen LogP contribution in [0.5, 0.6) is 11.5 Å². The second-order valence-corrected chi connectivity index (χ2v) is 8.51. The summed E-state index contributed by atoms with van der Waals surface area (Å²) in [5.41, 5.74) is 4.60. The van der Waals surface area contributed by atoms with Crippen LogP contribution in [0, 0.1) is 6.92 Å². The number of fused-ring (bicyclic) bond motifs is 2. The van der Waals surface area contributed by atoms with Crippen LogP contribution in [0.2, 0.25) is 0 Å². The third kappa shape index (κ3) is 4.62. The van der Waals surface area contributed by atoms with E-state index in [0.717, 1.165) is 44.9 Å². The second-order valence-electron chi connectivity index (χ2n) is 8.51. The third-order valence-electron chi connectivity index (χ3n) is 6.13. The maximum Gasteiger partial charge on any atom is 0.251 e. The number of ether oxygens (including phenoxy) is 2. The van der Waals surface area contributed by atoms with E-state index >= 15 is 0 Å². The minimum absolute atomic E-state index is 0.0683. The van der Waals surface area contributed by atoms with E-state index in [1.807, 2.05) is 68.4 Å². The molecule has 3 aromatic carbocycles. The summed E-state index contributed by atoms with van der Waals surface area (Å²) in [6.07, 6.45) is 0. The van der Waals surface area contributed by atoms with Crippen LogP contribution >= 0.6 is 0 Å². The zero-order valence-corrected chi connectivity index (χ0v) is 20.2. The molecular formula is C28H28N4O3. The van der Waals surface area contributed by atoms with Crippen LogP contribution in [0.4, 0.5) is 5.82 Å². The molecule has 1 aliphatic rings. The van der Waals surface area contributed by atoms with E-state index in [2.05, 4.69) is 21.3 Å². The van der Waals surface area contributed by atoms with E-state index in [0.29, 0.717) is 37.6 Å². The van der Waals surface area contributed by atoms with Crippen molar-refractivity contribution < 1.29 is 14.3 Å². The van der Waals surface area contributed by atoms with Crippen molar-refractivity contribution in [3.63, 3.8) is 0 Å². The van der Waals surface area contributed by atoms with Gasteiger partial charge >= 0.3 is 0 Å². The number of anilines is 1. The number of nitrogens with one attached hydrogen (secondary N) is 1. The fourth-order valence-electron chi connectivity index (χ4n) is 4.43. The smallest absolute Gasteiger partial charge is 0.251 e. The highest BCUT2D eigenvalue weighted by atomic mass is 16.5. The van der Waals surface area contributed by atoms with Crippen molar-refractivity contribution in [2.24, 2.45) is 0 Å². The van der Waals surface area contributed by atoms with Gasteiger partial charge in [-0.3, -0.25) is 4.79 Å². The van der Waals surface area contributed by atoms with Gasteiger partial charge in [-0.1, -0.05) is 18.2 Å². The molecule has 0 radical (unpaired) electrons. The monoisotopic (exact) mass is 468 g/mol. The molecule has 0 bridgehead atoms. The molecule has 0 spiro atoms. The topological polar surface area (TPSA) is 76.6 Å². The fraction of sp³-hybridized carbons (Fsp3) is 0.250. The van der Waals surface area contributed by atoms with Crippen LogP contribution in [0.3, 0.4) is 0 Å². The molecule has 0 fully saturated rings. The number of methoxy groups -OCH3 is 1. The van der Waals surface area contributed by atoms with E-state index in [1.165, 1.54) is 0 Å². The number of carbonyl (C=O) groups excluding carboxylic acids is 1. The number of aromatic nitrogens is 2. The first kappa shape index (κ1) is 22.7. The molecule has 1 N–H and O–H groups in total. The summed E-state index contributed by atoms with van der Waals surface area (Å²) >= 11 is 0. The summed E-state index contributed by atoms with van der Waals surface area (Å²) in [7, 11) is 1.66. The first-order valence-corrected chi connectivity index (χ1v) is 11.8. The maximum atomic E-state index is 12.3. The Morgan fingerprint density at radius 1 is 1.09 bits per heavy atom. The standard InChI is InChI=1S/C28H28N4O3/c1-4-29-28(33)21-7-5-6-19(14-21)20-8-11-26-22(15-20)17-32(12-13-35-26)27-24-10-9-23(34-3)16-25(24)30-18(2)31-27/h5-11,14-16H,4,12-13,17H2,1-3H3,(H,29,33). The number of hydrogen-bond acceptors (Lipinski definition) is 6. The Labute approximate surface area is 204 Å². The van der Waals surface area contributed by atoms with E-state index in [4.69, 9.17) is 14.5 Å². The molecule has 0 atom stereocenters. The Morgan fingerprint density at radius 3 is 2.77 bits per heavy atom. The lowest BCUT2D eigenvalue weighted by atomic mass is 10.00. The number of rotatable bonds is 5. The van der Waals surface area contributed by atoms with Crippen molar-refractivity contribution in [1.29, 1.82) is 0 Å². The lowest BCUT2D eigenvalue weighted by Crippen LogP contribution is -2.26. The normalized spacial score (nSPS) is 13.1. The largest absolute Gasteiger partial charge is 0.497 e. The first-order valence-electron chi connectivity index (χ1n) is 11.8. The Balaban J connectivity index is 1.51. The van der Waals surface area contributed by atoms with Gasteiger partial charge in [-0.05, 0) is 61.4 Å². The summed E-state index contributed by atoms with van der Waals surface area (Å²) in [5.74, 6) is 3.16. The van der Waals surface area contributed by atoms with Gasteiger partial charge in [0.05, 0.1) is 19.2 Å². The van der Waals surface area contributed by atoms with Gasteiger partial charge in [0.15, 0.2) is 0 Å². The molecule has 35 heavy (non-hydrogen) atoms. The molecule has 2 heterocycles. The van der Waals surface area contributed by atoms with Crippen LogP contribution in [0.1, 0.15) is 28.7 Å². The van der Waals surface area contributed by atoms with E-state index in [-0.39, 0.29) is 5.91 Å². The van der Waals surface area contributed by atoms with Crippen LogP contribution in [0.25, 0.3) is 22.0 Å². The Bertz CT molecular complexity index is 1400. The van der Waals surface area contributed by atoms with Gasteiger partial charge < -0.3 is 19.7 Å². The lowest BCUT2D eigenvalue weighted by Gasteiger charge is -2.23. The van der Waals surface area contributed by atoms with E-state index < -0.39 is 0 Å². The van der Waals surface area contributed by atoms with Gasteiger partial charge in [0.2, 0.25) is 0 Å². The van der Waals surface area contributed by atoms with Crippen molar-refractivity contribution >= 4 is 22.6 Å². The van der Waals surface area contributed by atoms with Gasteiger partial charge in [0, 0.05) is 35.7 Å². The van der Waals surface area contributed by atoms with Gasteiger partial charge in [-0.15, -0.1) is 0 Å². The zero-order valence-electron chi connectivity index (χ0n) is 20.2. The van der Waals surface area contributed by atoms with Crippen LogP contribution in [-0.2, 0) is 6.54 Å². The van der Waals surface area contributed by atoms with Crippen molar-refractivity contribution in [2.45, 2.75) is 20.4 Å². The van der Waals surface area contributed by atoms with Crippen LogP contribution in [0.15, 0.2) is 60.7 Å². The van der Waals surface area contributed by atoms with Gasteiger partial charge in [-0.2, -0.15) is 0 Å². The summed E-state index contributed by atoms with van der Waals surface area (Å²) in [5, 5.41) is 3.84. The SMILES string of the molecule is CCNC(=O)c1cccc(-c2ccc3c(c2)CN(c2nc(C)nc4cc(OC)ccc24)CCO3)c1. The Morgan fingerprint density at radius 2 is 1.94 bits per heavy atom. The first-order chi connectivity index (χ1) is 17.1. The number of aryl methyl sites for hydroxylation is 1. The highest BCUT2D eigenvalue weighted by Gasteiger charge is 2.20. The lowest BCUT2D eigenvalue weighted by molar-refractivity contribution is 0.0956. The predicted octanol–water partition coefficient (Wildman–Crippen LogP) is 4.76. The van der Waals surface area contributed by atoms with Crippen molar-refractivity contribution in [1.82, 2.24) is 15.3 Å². The van der Waals surface area contributed by atoms with Crippen LogP contribution in [-0.4, -0.2) is 42.7 Å². The van der Waals surface area contributed by atoms with Crippen molar-refractivity contribution in [2.75, 3.05) is 31.7 Å². The number of nitrogens with zero attached hydrogens (tertiary/aromatic N) is 3. The quantitative estimate of drug-likeness (QED) is 0.455. The average Bonchev–Trinajstić information content (AvgIpc) is 3.10. The Kier molecular flexibility index (Phi) is 6.23. The molecular weight excluding hydrogens is 440 g/mol. The highest BCUT2D eigenvalue weighted by Crippen LogP contribution is 2.33. The van der Waals surface area contributed by atoms with Gasteiger partial charge in [-0.25, -0.2) is 9.97 Å². The summed E-state index contributed by atoms with van der Waals surface area (Å²) in [4.78, 5) is 24.0. The van der Waals surface area contributed by atoms with Crippen molar-refractivity contribution in [3.05, 3.63) is 77.6 Å². The molecule has 7 heteroatoms. The number of benzene rings is 3. The summed E-state index contributed by atoms with van der Waals surface area (Å²) in [6.45, 7) is 6.33. The molecule has 4 aromatic rings. The molecule has 0 saturated heterocycles. The minimum Gasteiger partial charge on any atom is -0.497 e. The molecule has 5 rings (SSSR count). The molecule has 0 aliphatic carbocycles. The maximum absolute atomic E-state index is 12.3. The second kappa shape index (κ2) is 9.62.